The van der Waals surface area contributed by atoms with Gasteiger partial charge in [-0.1, -0.05) is 60.1 Å². The van der Waals surface area contributed by atoms with E-state index in [1.54, 1.807) is 12.1 Å². The van der Waals surface area contributed by atoms with Crippen molar-refractivity contribution in [2.24, 2.45) is 0 Å². The van der Waals surface area contributed by atoms with Gasteiger partial charge in [-0.3, -0.25) is 4.79 Å². The molecule has 1 N–H and O–H groups in total. The van der Waals surface area contributed by atoms with Crippen LogP contribution in [-0.2, 0) is 4.79 Å². The van der Waals surface area contributed by atoms with E-state index in [1.807, 2.05) is 62.6 Å². The van der Waals surface area contributed by atoms with E-state index in [9.17, 15) is 4.79 Å². The topological polar surface area (TPSA) is 32.3 Å². The summed E-state index contributed by atoms with van der Waals surface area (Å²) in [6, 6.07) is 17.3. The predicted octanol–water partition coefficient (Wildman–Crippen LogP) is 3.77. The van der Waals surface area contributed by atoms with Crippen LogP contribution < -0.4 is 5.32 Å². The molecule has 0 aliphatic rings. The van der Waals surface area contributed by atoms with Crippen LogP contribution in [0, 0.1) is 0 Å². The van der Waals surface area contributed by atoms with Crippen LogP contribution in [0.5, 0.6) is 0 Å². The molecular formula is C19H21ClN2O. The van der Waals surface area contributed by atoms with E-state index in [4.69, 9.17) is 11.6 Å². The molecule has 1 unspecified atom stereocenters. The average molecular weight is 329 g/mol. The second-order valence-corrected chi connectivity index (χ2v) is 6.00. The van der Waals surface area contributed by atoms with E-state index in [1.165, 1.54) is 6.08 Å². The van der Waals surface area contributed by atoms with Gasteiger partial charge in [-0.2, -0.15) is 0 Å². The Bertz CT molecular complexity index is 668. The molecule has 0 aliphatic heterocycles. The van der Waals surface area contributed by atoms with E-state index < -0.39 is 0 Å². The fourth-order valence-corrected chi connectivity index (χ4v) is 2.48. The first kappa shape index (κ1) is 17.3. The smallest absolute Gasteiger partial charge is 0.244 e. The van der Waals surface area contributed by atoms with Crippen LogP contribution >= 0.6 is 11.6 Å². The van der Waals surface area contributed by atoms with Crippen LogP contribution in [0.3, 0.4) is 0 Å². The summed E-state index contributed by atoms with van der Waals surface area (Å²) in [5, 5.41) is 3.67. The van der Waals surface area contributed by atoms with Crippen molar-refractivity contribution in [1.82, 2.24) is 10.2 Å². The minimum absolute atomic E-state index is 0.0606. The Morgan fingerprint density at radius 2 is 1.78 bits per heavy atom. The number of hydrogen-bond donors (Lipinski definition) is 1. The van der Waals surface area contributed by atoms with Crippen LogP contribution in [0.25, 0.3) is 6.08 Å². The Kier molecular flexibility index (Phi) is 6.39. The van der Waals surface area contributed by atoms with Gasteiger partial charge < -0.3 is 10.2 Å². The summed E-state index contributed by atoms with van der Waals surface area (Å²) in [5.74, 6) is -0.138. The summed E-state index contributed by atoms with van der Waals surface area (Å²) in [6.45, 7) is 0.732. The Hall–Kier alpha value is -2.10. The molecule has 0 fully saturated rings. The molecular weight excluding hydrogens is 308 g/mol. The predicted molar refractivity (Wildman–Crippen MR) is 96.4 cm³/mol. The zero-order chi connectivity index (χ0) is 16.7. The molecule has 0 saturated heterocycles. The number of nitrogens with one attached hydrogen (secondary N) is 1. The van der Waals surface area contributed by atoms with Gasteiger partial charge in [0.1, 0.15) is 0 Å². The van der Waals surface area contributed by atoms with Crippen molar-refractivity contribution in [2.75, 3.05) is 20.6 Å². The molecule has 0 radical (unpaired) electrons. The van der Waals surface area contributed by atoms with Crippen molar-refractivity contribution < 1.29 is 4.79 Å². The number of nitrogens with zero attached hydrogens (tertiary/aromatic N) is 1. The molecule has 120 valence electrons. The van der Waals surface area contributed by atoms with Gasteiger partial charge in [-0.15, -0.1) is 0 Å². The van der Waals surface area contributed by atoms with Gasteiger partial charge >= 0.3 is 0 Å². The van der Waals surface area contributed by atoms with Crippen LogP contribution in [0.2, 0.25) is 5.02 Å². The van der Waals surface area contributed by atoms with Gasteiger partial charge in [0.2, 0.25) is 5.91 Å². The minimum atomic E-state index is -0.138. The number of carbonyl (C=O) groups is 1. The molecule has 1 amide bonds. The van der Waals surface area contributed by atoms with Crippen LogP contribution in [-0.4, -0.2) is 31.4 Å². The number of carbonyl (C=O) groups excluding carboxylic acids is 1. The van der Waals surface area contributed by atoms with Crippen molar-refractivity contribution in [1.29, 1.82) is 0 Å². The molecule has 0 saturated carbocycles. The summed E-state index contributed by atoms with van der Waals surface area (Å²) in [7, 11) is 3.98. The zero-order valence-electron chi connectivity index (χ0n) is 13.4. The van der Waals surface area contributed by atoms with Crippen molar-refractivity contribution in [3.05, 3.63) is 76.8 Å². The molecule has 2 rings (SSSR count). The second kappa shape index (κ2) is 8.51. The van der Waals surface area contributed by atoms with E-state index in [2.05, 4.69) is 10.2 Å². The van der Waals surface area contributed by atoms with Gasteiger partial charge in [-0.25, -0.2) is 0 Å². The van der Waals surface area contributed by atoms with E-state index >= 15 is 0 Å². The molecule has 0 aromatic heterocycles. The van der Waals surface area contributed by atoms with Crippen molar-refractivity contribution in [3.63, 3.8) is 0 Å². The maximum atomic E-state index is 12.2. The Morgan fingerprint density at radius 1 is 1.13 bits per heavy atom. The quantitative estimate of drug-likeness (QED) is 0.819. The van der Waals surface area contributed by atoms with E-state index in [0.29, 0.717) is 5.02 Å². The molecule has 0 bridgehead atoms. The second-order valence-electron chi connectivity index (χ2n) is 5.59. The summed E-state index contributed by atoms with van der Waals surface area (Å²) in [6.07, 6.45) is 3.25. The maximum Gasteiger partial charge on any atom is 0.244 e. The molecule has 0 heterocycles. The van der Waals surface area contributed by atoms with Crippen LogP contribution in [0.1, 0.15) is 17.2 Å². The molecule has 3 nitrogen and oxygen atoms in total. The molecule has 2 aromatic rings. The van der Waals surface area contributed by atoms with Gasteiger partial charge in [-0.05, 0) is 37.4 Å². The highest BCUT2D eigenvalue weighted by molar-refractivity contribution is 6.32. The summed E-state index contributed by atoms with van der Waals surface area (Å²) >= 11 is 6.09. The highest BCUT2D eigenvalue weighted by Gasteiger charge is 2.13. The normalized spacial score (nSPS) is 12.5. The third-order valence-corrected chi connectivity index (χ3v) is 3.73. The number of halogens is 1. The lowest BCUT2D eigenvalue weighted by Crippen LogP contribution is -2.34. The molecule has 0 aliphatic carbocycles. The van der Waals surface area contributed by atoms with Gasteiger partial charge in [0.15, 0.2) is 0 Å². The largest absolute Gasteiger partial charge is 0.344 e. The minimum Gasteiger partial charge on any atom is -0.344 e. The van der Waals surface area contributed by atoms with E-state index in [-0.39, 0.29) is 11.9 Å². The number of likely N-dealkylation sites (N-methyl/N-ethyl adjacent to an activating group) is 1. The van der Waals surface area contributed by atoms with Crippen LogP contribution in [0.4, 0.5) is 0 Å². The first-order valence-corrected chi connectivity index (χ1v) is 7.87. The van der Waals surface area contributed by atoms with E-state index in [0.717, 1.165) is 17.7 Å². The Balaban J connectivity index is 2.07. The fraction of sp³-hybridized carbons (Fsp3) is 0.211. The SMILES string of the molecule is CN(C)CC(NC(=O)/C=C/c1ccccc1Cl)c1ccccc1. The summed E-state index contributed by atoms with van der Waals surface area (Å²) in [5.41, 5.74) is 1.91. The highest BCUT2D eigenvalue weighted by atomic mass is 35.5. The molecule has 4 heteroatoms. The molecule has 1 atom stereocenters. The first-order valence-electron chi connectivity index (χ1n) is 7.49. The van der Waals surface area contributed by atoms with Gasteiger partial charge in [0, 0.05) is 17.6 Å². The third kappa shape index (κ3) is 5.55. The number of amides is 1. The number of benzene rings is 2. The van der Waals surface area contributed by atoms with Crippen molar-refractivity contribution >= 4 is 23.6 Å². The van der Waals surface area contributed by atoms with Crippen LogP contribution in [0.15, 0.2) is 60.7 Å². The van der Waals surface area contributed by atoms with Gasteiger partial charge in [0.05, 0.1) is 6.04 Å². The summed E-state index contributed by atoms with van der Waals surface area (Å²) in [4.78, 5) is 14.3. The molecule has 2 aromatic carbocycles. The monoisotopic (exact) mass is 328 g/mol. The lowest BCUT2D eigenvalue weighted by molar-refractivity contribution is -0.117. The number of rotatable bonds is 6. The standard InChI is InChI=1S/C19H21ClN2O/c1-22(2)14-18(16-9-4-3-5-10-16)21-19(23)13-12-15-8-6-7-11-17(15)20/h3-13,18H,14H2,1-2H3,(H,21,23)/b13-12+. The van der Waals surface area contributed by atoms with Gasteiger partial charge in [0.25, 0.3) is 0 Å². The molecule has 23 heavy (non-hydrogen) atoms. The lowest BCUT2D eigenvalue weighted by Gasteiger charge is -2.22. The number of hydrogen-bond acceptors (Lipinski definition) is 2. The first-order chi connectivity index (χ1) is 11.1. The zero-order valence-corrected chi connectivity index (χ0v) is 14.1. The summed E-state index contributed by atoms with van der Waals surface area (Å²) < 4.78 is 0. The fourth-order valence-electron chi connectivity index (χ4n) is 2.28. The Morgan fingerprint density at radius 3 is 2.43 bits per heavy atom. The van der Waals surface area contributed by atoms with Crippen molar-refractivity contribution in [2.45, 2.75) is 6.04 Å². The third-order valence-electron chi connectivity index (χ3n) is 3.39. The lowest BCUT2D eigenvalue weighted by atomic mass is 10.1. The average Bonchev–Trinajstić information content (AvgIpc) is 2.54. The molecule has 0 spiro atoms. The maximum absolute atomic E-state index is 12.2. The van der Waals surface area contributed by atoms with Crippen molar-refractivity contribution in [3.8, 4) is 0 Å². The Labute approximate surface area is 142 Å². The highest BCUT2D eigenvalue weighted by Crippen LogP contribution is 2.17.